The first-order chi connectivity index (χ1) is 10.1. The first kappa shape index (κ1) is 15.6. The topological polar surface area (TPSA) is 67.6 Å². The minimum absolute atomic E-state index is 0.000605. The van der Waals surface area contributed by atoms with Gasteiger partial charge < -0.3 is 15.8 Å². The Labute approximate surface area is 126 Å². The molecule has 3 N–H and O–H groups in total. The van der Waals surface area contributed by atoms with Gasteiger partial charge in [-0.25, -0.2) is 0 Å². The van der Waals surface area contributed by atoms with E-state index in [4.69, 9.17) is 10.5 Å². The summed E-state index contributed by atoms with van der Waals surface area (Å²) in [6, 6.07) is 5.93. The highest BCUT2D eigenvalue weighted by Crippen LogP contribution is 2.28. The molecule has 21 heavy (non-hydrogen) atoms. The van der Waals surface area contributed by atoms with Crippen LogP contribution < -0.4 is 15.8 Å². The van der Waals surface area contributed by atoms with Gasteiger partial charge in [-0.05, 0) is 44.0 Å². The number of carbonyl (C=O) groups is 1. The second-order valence-corrected chi connectivity index (χ2v) is 5.53. The first-order valence-corrected chi connectivity index (χ1v) is 7.61. The zero-order chi connectivity index (χ0) is 15.2. The van der Waals surface area contributed by atoms with Crippen LogP contribution in [0.2, 0.25) is 0 Å². The van der Waals surface area contributed by atoms with Crippen molar-refractivity contribution in [2.45, 2.75) is 38.6 Å². The molecule has 1 aromatic carbocycles. The van der Waals surface area contributed by atoms with Gasteiger partial charge in [0.05, 0.1) is 12.8 Å². The summed E-state index contributed by atoms with van der Waals surface area (Å²) >= 11 is 0. The Balaban J connectivity index is 1.87. The van der Waals surface area contributed by atoms with Crippen LogP contribution in [0.4, 0.5) is 11.4 Å². The molecule has 0 aromatic heterocycles. The van der Waals surface area contributed by atoms with Gasteiger partial charge in [0.15, 0.2) is 0 Å². The van der Waals surface area contributed by atoms with Crippen LogP contribution in [0.1, 0.15) is 32.6 Å². The summed E-state index contributed by atoms with van der Waals surface area (Å²) in [7, 11) is 1.58. The summed E-state index contributed by atoms with van der Waals surface area (Å²) in [6.45, 7) is 4.06. The molecule has 0 aliphatic heterocycles. The van der Waals surface area contributed by atoms with E-state index in [-0.39, 0.29) is 5.91 Å². The Bertz CT molecular complexity index is 486. The van der Waals surface area contributed by atoms with Crippen molar-refractivity contribution in [1.29, 1.82) is 0 Å². The predicted octanol–water partition coefficient (Wildman–Crippen LogP) is 2.48. The third kappa shape index (κ3) is 4.63. The lowest BCUT2D eigenvalue weighted by Crippen LogP contribution is -2.30. The van der Waals surface area contributed by atoms with Crippen LogP contribution in [0, 0.1) is 0 Å². The van der Waals surface area contributed by atoms with E-state index < -0.39 is 0 Å². The van der Waals surface area contributed by atoms with E-state index in [1.165, 1.54) is 12.8 Å². The van der Waals surface area contributed by atoms with Crippen molar-refractivity contribution in [3.8, 4) is 5.75 Å². The zero-order valence-corrected chi connectivity index (χ0v) is 12.9. The molecule has 1 amide bonds. The van der Waals surface area contributed by atoms with E-state index in [2.05, 4.69) is 17.1 Å². The summed E-state index contributed by atoms with van der Waals surface area (Å²) in [5.41, 5.74) is 7.00. The number of methoxy groups -OCH3 is 1. The summed E-state index contributed by atoms with van der Waals surface area (Å²) in [5.74, 6) is 0.630. The Morgan fingerprint density at radius 1 is 1.43 bits per heavy atom. The Morgan fingerprint density at radius 2 is 2.19 bits per heavy atom. The number of amides is 1. The summed E-state index contributed by atoms with van der Waals surface area (Å²) < 4.78 is 5.23. The highest BCUT2D eigenvalue weighted by molar-refractivity contribution is 5.93. The molecular formula is C16H25N3O2. The molecular weight excluding hydrogens is 266 g/mol. The number of hydrogen-bond acceptors (Lipinski definition) is 4. The lowest BCUT2D eigenvalue weighted by molar-refractivity contribution is -0.116. The van der Waals surface area contributed by atoms with Gasteiger partial charge >= 0.3 is 0 Å². The van der Waals surface area contributed by atoms with Crippen molar-refractivity contribution in [3.63, 3.8) is 0 Å². The number of nitrogens with two attached hydrogens (primary N) is 1. The predicted molar refractivity (Wildman–Crippen MR) is 85.5 cm³/mol. The number of nitrogen functional groups attached to an aromatic ring is 1. The van der Waals surface area contributed by atoms with Crippen molar-refractivity contribution in [2.24, 2.45) is 0 Å². The van der Waals surface area contributed by atoms with Gasteiger partial charge in [-0.1, -0.05) is 6.92 Å². The molecule has 1 fully saturated rings. The van der Waals surface area contributed by atoms with Crippen LogP contribution in [-0.4, -0.2) is 37.0 Å². The van der Waals surface area contributed by atoms with Gasteiger partial charge in [-0.15, -0.1) is 0 Å². The third-order valence-electron chi connectivity index (χ3n) is 3.70. The smallest absolute Gasteiger partial charge is 0.225 e. The number of ether oxygens (including phenoxy) is 1. The number of rotatable bonds is 8. The summed E-state index contributed by atoms with van der Waals surface area (Å²) in [4.78, 5) is 14.5. The Morgan fingerprint density at radius 3 is 2.81 bits per heavy atom. The summed E-state index contributed by atoms with van der Waals surface area (Å²) in [5, 5.41) is 2.89. The van der Waals surface area contributed by atoms with Gasteiger partial charge in [0, 0.05) is 24.7 Å². The second kappa shape index (κ2) is 7.31. The monoisotopic (exact) mass is 291 g/mol. The molecule has 5 heteroatoms. The normalized spacial score (nSPS) is 14.2. The van der Waals surface area contributed by atoms with E-state index in [1.807, 2.05) is 0 Å². The zero-order valence-electron chi connectivity index (χ0n) is 12.9. The molecule has 1 saturated carbocycles. The lowest BCUT2D eigenvalue weighted by Gasteiger charge is -2.20. The average Bonchev–Trinajstić information content (AvgIpc) is 3.28. The fourth-order valence-electron chi connectivity index (χ4n) is 2.48. The Hall–Kier alpha value is -1.75. The van der Waals surface area contributed by atoms with Crippen LogP contribution in [0.25, 0.3) is 0 Å². The number of anilines is 2. The summed E-state index contributed by atoms with van der Waals surface area (Å²) in [6.07, 6.45) is 4.16. The lowest BCUT2D eigenvalue weighted by atomic mass is 10.2. The van der Waals surface area contributed by atoms with E-state index in [1.54, 1.807) is 25.3 Å². The van der Waals surface area contributed by atoms with Crippen molar-refractivity contribution in [2.75, 3.05) is 31.2 Å². The standard InChI is InChI=1S/C16H25N3O2/c1-3-9-19(13-5-6-13)10-8-16(20)18-14-11-12(17)4-7-15(14)21-2/h4,7,11,13H,3,5-6,8-10,17H2,1-2H3,(H,18,20). The molecule has 116 valence electrons. The largest absolute Gasteiger partial charge is 0.495 e. The average molecular weight is 291 g/mol. The number of nitrogens with one attached hydrogen (secondary N) is 1. The number of carbonyl (C=O) groups excluding carboxylic acids is 1. The van der Waals surface area contributed by atoms with E-state index in [0.29, 0.717) is 29.6 Å². The van der Waals surface area contributed by atoms with Gasteiger partial charge in [-0.3, -0.25) is 9.69 Å². The maximum absolute atomic E-state index is 12.1. The molecule has 1 aliphatic carbocycles. The molecule has 2 rings (SSSR count). The molecule has 0 spiro atoms. The third-order valence-corrected chi connectivity index (χ3v) is 3.70. The Kier molecular flexibility index (Phi) is 5.44. The molecule has 0 bridgehead atoms. The molecule has 0 atom stereocenters. The van der Waals surface area contributed by atoms with Gasteiger partial charge in [0.25, 0.3) is 0 Å². The van der Waals surface area contributed by atoms with Crippen molar-refractivity contribution >= 4 is 17.3 Å². The maximum Gasteiger partial charge on any atom is 0.225 e. The quantitative estimate of drug-likeness (QED) is 0.722. The van der Waals surface area contributed by atoms with Crippen LogP contribution in [0.3, 0.4) is 0 Å². The second-order valence-electron chi connectivity index (χ2n) is 5.53. The molecule has 1 aliphatic rings. The maximum atomic E-state index is 12.1. The van der Waals surface area contributed by atoms with Crippen molar-refractivity contribution < 1.29 is 9.53 Å². The van der Waals surface area contributed by atoms with Gasteiger partial charge in [0.2, 0.25) is 5.91 Å². The fraction of sp³-hybridized carbons (Fsp3) is 0.562. The van der Waals surface area contributed by atoms with E-state index in [0.717, 1.165) is 19.5 Å². The molecule has 1 aromatic rings. The minimum atomic E-state index is 0.000605. The van der Waals surface area contributed by atoms with Crippen molar-refractivity contribution in [1.82, 2.24) is 4.90 Å². The van der Waals surface area contributed by atoms with Crippen molar-refractivity contribution in [3.05, 3.63) is 18.2 Å². The first-order valence-electron chi connectivity index (χ1n) is 7.61. The molecule has 0 heterocycles. The number of benzene rings is 1. The van der Waals surface area contributed by atoms with Gasteiger partial charge in [0.1, 0.15) is 5.75 Å². The molecule has 0 saturated heterocycles. The SMILES string of the molecule is CCCN(CCC(=O)Nc1cc(N)ccc1OC)C1CC1. The minimum Gasteiger partial charge on any atom is -0.495 e. The van der Waals surface area contributed by atoms with Crippen LogP contribution >= 0.6 is 0 Å². The molecule has 5 nitrogen and oxygen atoms in total. The van der Waals surface area contributed by atoms with Crippen LogP contribution in [0.5, 0.6) is 5.75 Å². The highest BCUT2D eigenvalue weighted by atomic mass is 16.5. The van der Waals surface area contributed by atoms with Gasteiger partial charge in [-0.2, -0.15) is 0 Å². The van der Waals surface area contributed by atoms with E-state index >= 15 is 0 Å². The van der Waals surface area contributed by atoms with Crippen LogP contribution in [0.15, 0.2) is 18.2 Å². The molecule has 0 unspecified atom stereocenters. The number of nitrogens with zero attached hydrogens (tertiary/aromatic N) is 1. The van der Waals surface area contributed by atoms with E-state index in [9.17, 15) is 4.79 Å². The molecule has 0 radical (unpaired) electrons. The van der Waals surface area contributed by atoms with Crippen LogP contribution in [-0.2, 0) is 4.79 Å². The highest BCUT2D eigenvalue weighted by Gasteiger charge is 2.28. The number of hydrogen-bond donors (Lipinski definition) is 2. The fourth-order valence-corrected chi connectivity index (χ4v) is 2.48.